The van der Waals surface area contributed by atoms with Gasteiger partial charge in [-0.15, -0.1) is 0 Å². The summed E-state index contributed by atoms with van der Waals surface area (Å²) in [6, 6.07) is 47.4. The molecule has 0 spiro atoms. The van der Waals surface area contributed by atoms with E-state index in [1.807, 2.05) is 78.9 Å². The summed E-state index contributed by atoms with van der Waals surface area (Å²) in [5.74, 6) is -2.20. The quantitative estimate of drug-likeness (QED) is 0.120. The molecule has 51 heavy (non-hydrogen) atoms. The van der Waals surface area contributed by atoms with Gasteiger partial charge in [0.25, 0.3) is 11.8 Å². The number of amides is 2. The number of aromatic carboxylic acids is 1. The number of hydrogen-bond donors (Lipinski definition) is 3. The summed E-state index contributed by atoms with van der Waals surface area (Å²) < 4.78 is 4.83. The topological polar surface area (TPSA) is 122 Å². The Kier molecular flexibility index (Phi) is 12.8. The molecule has 0 saturated carbocycles. The van der Waals surface area contributed by atoms with Gasteiger partial charge in [0.05, 0.1) is 29.6 Å². The lowest BCUT2D eigenvalue weighted by atomic mass is 10.1. The number of hydrogen-bond acceptors (Lipinski definition) is 7. The van der Waals surface area contributed by atoms with Gasteiger partial charge in [-0.3, -0.25) is 9.59 Å². The highest BCUT2D eigenvalue weighted by Gasteiger charge is 2.17. The molecule has 0 heterocycles. The molecule has 2 amide bonds. The van der Waals surface area contributed by atoms with Gasteiger partial charge in [0.15, 0.2) is 0 Å². The second kappa shape index (κ2) is 18.1. The fourth-order valence-electron chi connectivity index (χ4n) is 4.67. The van der Waals surface area contributed by atoms with Gasteiger partial charge in [0, 0.05) is 30.7 Å². The summed E-state index contributed by atoms with van der Waals surface area (Å²) in [4.78, 5) is 52.2. The predicted molar refractivity (Wildman–Crippen MR) is 201 cm³/mol. The third-order valence-electron chi connectivity index (χ3n) is 7.14. The molecule has 0 fully saturated rings. The van der Waals surface area contributed by atoms with E-state index < -0.39 is 11.9 Å². The molecule has 0 saturated heterocycles. The van der Waals surface area contributed by atoms with E-state index in [-0.39, 0.29) is 23.1 Å². The van der Waals surface area contributed by atoms with Crippen molar-refractivity contribution in [1.29, 1.82) is 0 Å². The summed E-state index contributed by atoms with van der Waals surface area (Å²) in [5, 5.41) is 14.9. The molecule has 0 aliphatic carbocycles. The molecular weight excluding hydrogens is 681 g/mol. The number of ether oxygens (including phenoxy) is 1. The largest absolute Gasteiger partial charge is 0.478 e. The molecule has 10 heteroatoms. The minimum absolute atomic E-state index is 0.0571. The van der Waals surface area contributed by atoms with Crippen LogP contribution in [0.5, 0.6) is 0 Å². The van der Waals surface area contributed by atoms with Crippen LogP contribution in [0.15, 0.2) is 177 Å². The lowest BCUT2D eigenvalue weighted by Crippen LogP contribution is -2.15. The molecule has 0 aliphatic rings. The smallest absolute Gasteiger partial charge is 0.339 e. The summed E-state index contributed by atoms with van der Waals surface area (Å²) in [7, 11) is 1.32. The molecule has 6 rings (SSSR count). The van der Waals surface area contributed by atoms with Gasteiger partial charge in [0.2, 0.25) is 0 Å². The maximum absolute atomic E-state index is 12.5. The lowest BCUT2D eigenvalue weighted by Gasteiger charge is -2.12. The van der Waals surface area contributed by atoms with Crippen LogP contribution < -0.4 is 10.6 Å². The number of carbonyl (C=O) groups excluding carboxylic acids is 3. The van der Waals surface area contributed by atoms with Crippen LogP contribution >= 0.6 is 23.5 Å². The molecule has 6 aromatic rings. The Bertz CT molecular complexity index is 2110. The third kappa shape index (κ3) is 10.4. The zero-order chi connectivity index (χ0) is 36.0. The van der Waals surface area contributed by atoms with Gasteiger partial charge in [-0.25, -0.2) is 9.59 Å². The van der Waals surface area contributed by atoms with Gasteiger partial charge in [-0.2, -0.15) is 0 Å². The van der Waals surface area contributed by atoms with Crippen molar-refractivity contribution in [2.45, 2.75) is 19.6 Å². The van der Waals surface area contributed by atoms with Crippen molar-refractivity contribution in [2.75, 3.05) is 17.7 Å². The van der Waals surface area contributed by atoms with Crippen molar-refractivity contribution in [3.8, 4) is 0 Å². The maximum atomic E-state index is 12.5. The molecule has 254 valence electrons. The van der Waals surface area contributed by atoms with Crippen molar-refractivity contribution in [2.24, 2.45) is 0 Å². The number of anilines is 2. The average Bonchev–Trinajstić information content (AvgIpc) is 3.16. The number of benzene rings is 6. The number of rotatable bonds is 10. The maximum Gasteiger partial charge on any atom is 0.339 e. The highest BCUT2D eigenvalue weighted by atomic mass is 32.2. The van der Waals surface area contributed by atoms with Gasteiger partial charge < -0.3 is 20.5 Å². The minimum Gasteiger partial charge on any atom is -0.478 e. The zero-order valence-electron chi connectivity index (χ0n) is 27.3. The van der Waals surface area contributed by atoms with Crippen molar-refractivity contribution < 1.29 is 29.0 Å². The second-order valence-corrected chi connectivity index (χ2v) is 13.0. The van der Waals surface area contributed by atoms with Crippen molar-refractivity contribution in [1.82, 2.24) is 0 Å². The van der Waals surface area contributed by atoms with Crippen LogP contribution in [0.25, 0.3) is 0 Å². The average molecular weight is 713 g/mol. The van der Waals surface area contributed by atoms with Gasteiger partial charge in [-0.05, 0) is 84.9 Å². The number of methoxy groups -OCH3 is 1. The second-order valence-electron chi connectivity index (χ2n) is 10.7. The Labute approximate surface area is 303 Å². The van der Waals surface area contributed by atoms with E-state index >= 15 is 0 Å². The fraction of sp³-hybridized carbons (Fsp3) is 0.0244. The first-order valence-electron chi connectivity index (χ1n) is 15.6. The van der Waals surface area contributed by atoms with E-state index in [1.165, 1.54) is 24.9 Å². The standard InChI is InChI=1S/C21H17NO3S.C20H15NO3S/c1-25-21(24)18-13-12-17(26-16-10-6-3-7-11-16)14-19(18)22-20(23)15-8-4-2-5-9-15;22-19(14-7-3-1-4-8-14)21-18-13-16(11-12-17(18)20(23)24)25-15-9-5-2-6-10-15/h2-14H,1H3,(H,22,23);1-13H,(H,21,22)(H,23,24). The third-order valence-corrected chi connectivity index (χ3v) is 9.14. The van der Waals surface area contributed by atoms with Crippen LogP contribution in [-0.2, 0) is 4.74 Å². The number of carboxylic acid groups (broad SMARTS) is 1. The first-order chi connectivity index (χ1) is 24.8. The van der Waals surface area contributed by atoms with Crippen LogP contribution in [0.3, 0.4) is 0 Å². The van der Waals surface area contributed by atoms with Crippen molar-refractivity contribution >= 4 is 58.7 Å². The lowest BCUT2D eigenvalue weighted by molar-refractivity contribution is 0.0600. The highest BCUT2D eigenvalue weighted by Crippen LogP contribution is 2.32. The summed E-state index contributed by atoms with van der Waals surface area (Å²) in [6.45, 7) is 0. The number of carbonyl (C=O) groups is 4. The molecular formula is C41H32N2O6S2. The Morgan fingerprint density at radius 3 is 1.25 bits per heavy atom. The van der Waals surface area contributed by atoms with Gasteiger partial charge in [-0.1, -0.05) is 96.3 Å². The van der Waals surface area contributed by atoms with Crippen molar-refractivity contribution in [3.63, 3.8) is 0 Å². The Morgan fingerprint density at radius 2 is 0.863 bits per heavy atom. The van der Waals surface area contributed by atoms with E-state index in [4.69, 9.17) is 4.74 Å². The number of nitrogens with one attached hydrogen (secondary N) is 2. The first kappa shape index (κ1) is 36.2. The van der Waals surface area contributed by atoms with Gasteiger partial charge in [0.1, 0.15) is 0 Å². The Balaban J connectivity index is 0.000000198. The van der Waals surface area contributed by atoms with Crippen LogP contribution in [0.2, 0.25) is 0 Å². The summed E-state index contributed by atoms with van der Waals surface area (Å²) in [6.07, 6.45) is 0. The molecule has 0 aliphatic heterocycles. The molecule has 0 aromatic heterocycles. The normalized spacial score (nSPS) is 10.2. The van der Waals surface area contributed by atoms with E-state index in [9.17, 15) is 24.3 Å². The van der Waals surface area contributed by atoms with E-state index in [1.54, 1.807) is 84.6 Å². The first-order valence-corrected chi connectivity index (χ1v) is 17.2. The predicted octanol–water partition coefficient (Wildman–Crippen LogP) is 9.66. The molecule has 0 bridgehead atoms. The molecule has 8 nitrogen and oxygen atoms in total. The summed E-state index contributed by atoms with van der Waals surface area (Å²) in [5.41, 5.74) is 2.06. The molecule has 0 radical (unpaired) electrons. The van der Waals surface area contributed by atoms with Crippen molar-refractivity contribution in [3.05, 3.63) is 180 Å². The Hall–Kier alpha value is -6.10. The molecule has 0 atom stereocenters. The van der Waals surface area contributed by atoms with Crippen LogP contribution in [-0.4, -0.2) is 36.0 Å². The Morgan fingerprint density at radius 1 is 0.490 bits per heavy atom. The van der Waals surface area contributed by atoms with Gasteiger partial charge >= 0.3 is 11.9 Å². The number of esters is 1. The van der Waals surface area contributed by atoms with E-state index in [2.05, 4.69) is 10.6 Å². The van der Waals surface area contributed by atoms with Crippen LogP contribution in [0, 0.1) is 0 Å². The minimum atomic E-state index is -1.08. The SMILES string of the molecule is COC(=O)c1ccc(Sc2ccccc2)cc1NC(=O)c1ccccc1.O=C(Nc1cc(Sc2ccccc2)ccc1C(=O)O)c1ccccc1. The molecule has 0 unspecified atom stereocenters. The fourth-order valence-corrected chi connectivity index (χ4v) is 6.43. The van der Waals surface area contributed by atoms with Crippen LogP contribution in [0.4, 0.5) is 11.4 Å². The summed E-state index contributed by atoms with van der Waals surface area (Å²) >= 11 is 3.05. The van der Waals surface area contributed by atoms with E-state index in [0.29, 0.717) is 22.4 Å². The van der Waals surface area contributed by atoms with E-state index in [0.717, 1.165) is 19.6 Å². The molecule has 3 N–H and O–H groups in total. The monoisotopic (exact) mass is 712 g/mol. The highest BCUT2D eigenvalue weighted by molar-refractivity contribution is 7.99. The molecule has 6 aromatic carbocycles. The zero-order valence-corrected chi connectivity index (χ0v) is 28.9. The number of carboxylic acids is 1. The van der Waals surface area contributed by atoms with Crippen LogP contribution in [0.1, 0.15) is 41.4 Å².